The van der Waals surface area contributed by atoms with Gasteiger partial charge in [0.05, 0.1) is 24.2 Å². The summed E-state index contributed by atoms with van der Waals surface area (Å²) in [5, 5.41) is 11.3. The van der Waals surface area contributed by atoms with Gasteiger partial charge in [-0.2, -0.15) is 0 Å². The van der Waals surface area contributed by atoms with Gasteiger partial charge in [0, 0.05) is 28.8 Å². The predicted molar refractivity (Wildman–Crippen MR) is 120 cm³/mol. The molecule has 0 fully saturated rings. The third kappa shape index (κ3) is 5.02. The lowest BCUT2D eigenvalue weighted by atomic mass is 10.0. The summed E-state index contributed by atoms with van der Waals surface area (Å²) in [7, 11) is 1.56. The molecule has 3 aromatic carbocycles. The molecule has 8 heteroatoms. The molecule has 8 nitrogen and oxygen atoms in total. The molecule has 0 atom stereocenters. The number of nitrogens with zero attached hydrogens (tertiary/aromatic N) is 1. The van der Waals surface area contributed by atoms with Gasteiger partial charge in [-0.15, -0.1) is 0 Å². The Bertz CT molecular complexity index is 1200. The van der Waals surface area contributed by atoms with Gasteiger partial charge in [-0.3, -0.25) is 10.1 Å². The first-order valence-corrected chi connectivity index (χ1v) is 10.1. The average Bonchev–Trinajstić information content (AvgIpc) is 2.86. The van der Waals surface area contributed by atoms with Crippen molar-refractivity contribution in [3.63, 3.8) is 0 Å². The second-order valence-electron chi connectivity index (χ2n) is 7.20. The van der Waals surface area contributed by atoms with Crippen LogP contribution in [0.5, 0.6) is 11.5 Å². The van der Waals surface area contributed by atoms with Crippen LogP contribution >= 0.6 is 0 Å². The van der Waals surface area contributed by atoms with E-state index in [4.69, 9.17) is 18.9 Å². The number of hydrogen-bond donors (Lipinski definition) is 0. The molecule has 1 aliphatic heterocycles. The minimum atomic E-state index is -0.584. The van der Waals surface area contributed by atoms with Crippen molar-refractivity contribution in [1.29, 1.82) is 0 Å². The van der Waals surface area contributed by atoms with Crippen LogP contribution < -0.4 is 9.47 Å². The fourth-order valence-electron chi connectivity index (χ4n) is 3.53. The zero-order chi connectivity index (χ0) is 23.2. The van der Waals surface area contributed by atoms with Crippen molar-refractivity contribution in [2.75, 3.05) is 13.9 Å². The number of fused-ring (bicyclic) bond motifs is 1. The number of nitro benzene ring substituents is 1. The van der Waals surface area contributed by atoms with Gasteiger partial charge in [0.25, 0.3) is 5.69 Å². The number of hydrogen-bond acceptors (Lipinski definition) is 7. The monoisotopic (exact) mass is 447 g/mol. The van der Waals surface area contributed by atoms with Crippen LogP contribution in [0, 0.1) is 10.1 Å². The molecule has 0 bridgehead atoms. The highest BCUT2D eigenvalue weighted by Gasteiger charge is 2.23. The Labute approximate surface area is 190 Å². The van der Waals surface area contributed by atoms with Crippen LogP contribution in [-0.2, 0) is 27.5 Å². The Hall–Kier alpha value is -4.17. The lowest BCUT2D eigenvalue weighted by Gasteiger charge is -2.20. The number of nitro groups is 1. The minimum absolute atomic E-state index is 0.0225. The summed E-state index contributed by atoms with van der Waals surface area (Å²) < 4.78 is 21.7. The summed E-state index contributed by atoms with van der Waals surface area (Å²) in [6, 6.07) is 19.2. The van der Waals surface area contributed by atoms with Crippen LogP contribution in [0.2, 0.25) is 0 Å². The largest absolute Gasteiger partial charge is 0.496 e. The number of ether oxygens (including phenoxy) is 4. The Morgan fingerprint density at radius 3 is 2.64 bits per heavy atom. The van der Waals surface area contributed by atoms with Gasteiger partial charge in [-0.05, 0) is 17.7 Å². The molecule has 0 unspecified atom stereocenters. The highest BCUT2D eigenvalue weighted by molar-refractivity contribution is 6.21. The number of rotatable bonds is 7. The van der Waals surface area contributed by atoms with Crippen molar-refractivity contribution in [2.24, 2.45) is 0 Å². The van der Waals surface area contributed by atoms with Gasteiger partial charge in [0.2, 0.25) is 0 Å². The minimum Gasteiger partial charge on any atom is -0.496 e. The number of methoxy groups -OCH3 is 1. The molecule has 168 valence electrons. The summed E-state index contributed by atoms with van der Waals surface area (Å²) in [5.74, 6) is 0.467. The van der Waals surface area contributed by atoms with Crippen LogP contribution in [0.15, 0.2) is 66.7 Å². The van der Waals surface area contributed by atoms with E-state index >= 15 is 0 Å². The number of para-hydroxylation sites is 1. The first-order valence-electron chi connectivity index (χ1n) is 10.1. The fourth-order valence-corrected chi connectivity index (χ4v) is 3.53. The normalized spacial score (nSPS) is 12.9. The lowest BCUT2D eigenvalue weighted by Crippen LogP contribution is -2.15. The van der Waals surface area contributed by atoms with E-state index < -0.39 is 10.9 Å². The maximum Gasteiger partial charge on any atom is 0.339 e. The molecule has 33 heavy (non-hydrogen) atoms. The first kappa shape index (κ1) is 22.0. The molecule has 0 spiro atoms. The van der Waals surface area contributed by atoms with E-state index in [0.29, 0.717) is 39.3 Å². The van der Waals surface area contributed by atoms with E-state index in [1.165, 1.54) is 12.1 Å². The molecule has 0 saturated heterocycles. The fraction of sp³-hybridized carbons (Fsp3) is 0.160. The van der Waals surface area contributed by atoms with Gasteiger partial charge >= 0.3 is 5.97 Å². The SMILES string of the molecule is COc1ccccc1C=C(C(=O)OCc1cc([N+](=O)[O-])cc2c1OCOC2)c1ccccc1. The number of non-ortho nitro benzene ring substituents is 1. The van der Waals surface area contributed by atoms with Gasteiger partial charge < -0.3 is 18.9 Å². The number of benzene rings is 3. The van der Waals surface area contributed by atoms with Gasteiger partial charge in [0.1, 0.15) is 18.1 Å². The quantitative estimate of drug-likeness (QED) is 0.169. The zero-order valence-corrected chi connectivity index (χ0v) is 17.9. The highest BCUT2D eigenvalue weighted by atomic mass is 16.7. The highest BCUT2D eigenvalue weighted by Crippen LogP contribution is 2.33. The second-order valence-corrected chi connectivity index (χ2v) is 7.20. The molecular formula is C25H21NO7. The van der Waals surface area contributed by atoms with Crippen LogP contribution in [0.1, 0.15) is 22.3 Å². The van der Waals surface area contributed by atoms with Crippen molar-refractivity contribution in [3.8, 4) is 11.5 Å². The van der Waals surface area contributed by atoms with E-state index in [9.17, 15) is 14.9 Å². The summed E-state index contributed by atoms with van der Waals surface area (Å²) in [6.07, 6.45) is 1.70. The number of carbonyl (C=O) groups excluding carboxylic acids is 1. The topological polar surface area (TPSA) is 97.1 Å². The van der Waals surface area contributed by atoms with Crippen LogP contribution in [-0.4, -0.2) is 24.8 Å². The smallest absolute Gasteiger partial charge is 0.339 e. The van der Waals surface area contributed by atoms with Gasteiger partial charge in [-0.1, -0.05) is 48.5 Å². The molecular weight excluding hydrogens is 426 g/mol. The van der Waals surface area contributed by atoms with Crippen LogP contribution in [0.4, 0.5) is 5.69 Å². The van der Waals surface area contributed by atoms with E-state index in [0.717, 1.165) is 0 Å². The van der Waals surface area contributed by atoms with Crippen molar-refractivity contribution in [1.82, 2.24) is 0 Å². The summed E-state index contributed by atoms with van der Waals surface area (Å²) in [5.41, 5.74) is 2.52. The molecule has 4 rings (SSSR count). The van der Waals surface area contributed by atoms with E-state index in [2.05, 4.69) is 0 Å². The molecule has 1 aliphatic rings. The molecule has 0 radical (unpaired) electrons. The lowest BCUT2D eigenvalue weighted by molar-refractivity contribution is -0.385. The maximum absolute atomic E-state index is 13.2. The Balaban J connectivity index is 1.66. The van der Waals surface area contributed by atoms with Crippen molar-refractivity contribution < 1.29 is 28.7 Å². The third-order valence-corrected chi connectivity index (χ3v) is 5.08. The van der Waals surface area contributed by atoms with E-state index in [-0.39, 0.29) is 25.7 Å². The molecule has 0 aliphatic carbocycles. The van der Waals surface area contributed by atoms with Crippen LogP contribution in [0.25, 0.3) is 11.6 Å². The summed E-state index contributed by atoms with van der Waals surface area (Å²) in [6.45, 7) is 0.00853. The molecule has 0 saturated carbocycles. The summed E-state index contributed by atoms with van der Waals surface area (Å²) in [4.78, 5) is 24.0. The first-order chi connectivity index (χ1) is 16.1. The Morgan fingerprint density at radius 1 is 1.12 bits per heavy atom. The number of esters is 1. The Kier molecular flexibility index (Phi) is 6.66. The van der Waals surface area contributed by atoms with Crippen molar-refractivity contribution in [3.05, 3.63) is 99.1 Å². The standard InChI is InChI=1S/C25H21NO7/c1-30-23-10-6-5-9-18(23)13-22(17-7-3-2-4-8-17)25(27)32-15-20-12-21(26(28)29)11-19-14-31-16-33-24(19)20/h2-13H,14-16H2,1H3. The van der Waals surface area contributed by atoms with Crippen molar-refractivity contribution >= 4 is 23.3 Å². The van der Waals surface area contributed by atoms with Crippen molar-refractivity contribution in [2.45, 2.75) is 13.2 Å². The number of carbonyl (C=O) groups is 1. The van der Waals surface area contributed by atoms with Gasteiger partial charge in [-0.25, -0.2) is 4.79 Å². The Morgan fingerprint density at radius 2 is 1.88 bits per heavy atom. The average molecular weight is 447 g/mol. The third-order valence-electron chi connectivity index (χ3n) is 5.08. The second kappa shape index (κ2) is 9.97. The molecule has 0 amide bonds. The molecule has 1 heterocycles. The van der Waals surface area contributed by atoms with E-state index in [1.807, 2.05) is 36.4 Å². The van der Waals surface area contributed by atoms with E-state index in [1.54, 1.807) is 31.4 Å². The maximum atomic E-state index is 13.2. The molecule has 3 aromatic rings. The predicted octanol–water partition coefficient (Wildman–Crippen LogP) is 4.75. The van der Waals surface area contributed by atoms with Crippen LogP contribution in [0.3, 0.4) is 0 Å². The molecule has 0 aromatic heterocycles. The van der Waals surface area contributed by atoms with Gasteiger partial charge in [0.15, 0.2) is 6.79 Å². The molecule has 0 N–H and O–H groups in total. The zero-order valence-electron chi connectivity index (χ0n) is 17.9. The summed E-state index contributed by atoms with van der Waals surface area (Å²) >= 11 is 0.